The van der Waals surface area contributed by atoms with E-state index in [1.807, 2.05) is 18.2 Å². The number of rotatable bonds is 7. The van der Waals surface area contributed by atoms with Gasteiger partial charge in [0, 0.05) is 59.8 Å². The standard InChI is InChI=1S/C82H36F18N8/c83-77(84,85)45-16-24-66-59(30-45)54-8-1-3-10-64(54)105(66)68-26-23-53(75(62(68)39-103)107-65-11-4-2-9-55(65)60-31-46(78(86,87)88)17-25-67(60)107)43-12-18-51(44(29-43)38-102)61-32-50(82(98,99)100)36-73-74(61)58-21-15-49(81(95,96)97)35-72(58)106(73)69-27-22-52(42-7-5-6-41(28-42)37-101)76(63(69)40-104)108-70-33-47(79(89,90)91)13-19-56(70)57-20-14-48(34-71(57)108)80(92,93)94/h1-36H. The van der Waals surface area contributed by atoms with Crippen LogP contribution in [0.4, 0.5) is 79.0 Å². The SMILES string of the molecule is N#Cc1cccc(-c2ccc(-n3c4cc(C(F)(F)F)ccc4c4c(-c5ccc(-c6ccc(-n7c8ccccc8c8cc(C(F)(F)F)ccc87)c(C#N)c6-n6c7ccccc7c7cc(C(F)(F)F)ccc76)cc5C#N)cc(C(F)(F)F)cc43)c(C#N)c2-n2c3cc(C(F)(F)F)ccc3c3ccc(C(F)(F)F)cc32)c1. The van der Waals surface area contributed by atoms with Crippen LogP contribution < -0.4 is 0 Å². The van der Waals surface area contributed by atoms with Crippen molar-refractivity contribution >= 4 is 87.2 Å². The Morgan fingerprint density at radius 2 is 0.620 bits per heavy atom. The summed E-state index contributed by atoms with van der Waals surface area (Å²) in [4.78, 5) is 0. The summed E-state index contributed by atoms with van der Waals surface area (Å²) >= 11 is 0. The number of para-hydroxylation sites is 2. The highest BCUT2D eigenvalue weighted by Crippen LogP contribution is 2.51. The van der Waals surface area contributed by atoms with Gasteiger partial charge in [0.2, 0.25) is 0 Å². The fourth-order valence-corrected chi connectivity index (χ4v) is 14.8. The van der Waals surface area contributed by atoms with Gasteiger partial charge in [-0.25, -0.2) is 0 Å². The predicted molar refractivity (Wildman–Crippen MR) is 369 cm³/mol. The highest BCUT2D eigenvalue weighted by Gasteiger charge is 2.40. The zero-order valence-electron chi connectivity index (χ0n) is 54.2. The van der Waals surface area contributed by atoms with E-state index in [0.29, 0.717) is 59.4 Å². The van der Waals surface area contributed by atoms with Crippen molar-refractivity contribution in [1.29, 1.82) is 21.0 Å². The van der Waals surface area contributed by atoms with Crippen molar-refractivity contribution in [2.75, 3.05) is 0 Å². The molecule has 0 saturated carbocycles. The zero-order valence-corrected chi connectivity index (χ0v) is 54.2. The Kier molecular flexibility index (Phi) is 15.3. The average molecular weight is 1480 g/mol. The van der Waals surface area contributed by atoms with E-state index in [2.05, 4.69) is 6.07 Å². The third-order valence-electron chi connectivity index (χ3n) is 19.5. The summed E-state index contributed by atoms with van der Waals surface area (Å²) in [5.74, 6) is 0. The fourth-order valence-electron chi connectivity index (χ4n) is 14.8. The van der Waals surface area contributed by atoms with Gasteiger partial charge in [-0.05, 0) is 144 Å². The highest BCUT2D eigenvalue weighted by atomic mass is 19.4. The number of nitriles is 4. The Bertz CT molecular complexity index is 6710. The zero-order chi connectivity index (χ0) is 76.4. The number of hydrogen-bond acceptors (Lipinski definition) is 4. The molecule has 16 aromatic rings. The molecule has 108 heavy (non-hydrogen) atoms. The summed E-state index contributed by atoms with van der Waals surface area (Å²) in [5.41, 5.74) is -12.7. The van der Waals surface area contributed by atoms with Crippen molar-refractivity contribution in [2.24, 2.45) is 0 Å². The van der Waals surface area contributed by atoms with Gasteiger partial charge < -0.3 is 18.3 Å². The normalized spacial score (nSPS) is 12.7. The number of hydrogen-bond donors (Lipinski definition) is 0. The van der Waals surface area contributed by atoms with Gasteiger partial charge in [-0.1, -0.05) is 91.0 Å². The average Bonchev–Trinajstić information content (AvgIpc) is 1.55. The number of halogens is 18. The molecule has 0 unspecified atom stereocenters. The van der Waals surface area contributed by atoms with Crippen LogP contribution in [0.5, 0.6) is 0 Å². The molecule has 0 aliphatic heterocycles. The first kappa shape index (κ1) is 68.9. The molecule has 0 N–H and O–H groups in total. The Balaban J connectivity index is 0.995. The molecule has 0 amide bonds. The third kappa shape index (κ3) is 10.9. The molecule has 8 nitrogen and oxygen atoms in total. The molecule has 12 aromatic carbocycles. The number of fused-ring (bicyclic) bond motifs is 12. The summed E-state index contributed by atoms with van der Waals surface area (Å²) < 4.78 is 275. The van der Waals surface area contributed by atoms with E-state index in [1.54, 1.807) is 42.5 Å². The van der Waals surface area contributed by atoms with Gasteiger partial charge in [-0.15, -0.1) is 0 Å². The molecule has 16 rings (SSSR count). The second-order valence-electron chi connectivity index (χ2n) is 25.4. The number of aromatic nitrogens is 4. The second kappa shape index (κ2) is 24.0. The van der Waals surface area contributed by atoms with Crippen molar-refractivity contribution in [3.8, 4) is 80.4 Å². The molecular formula is C82H36F18N8. The first-order valence-corrected chi connectivity index (χ1v) is 32.1. The lowest BCUT2D eigenvalue weighted by Crippen LogP contribution is -2.10. The van der Waals surface area contributed by atoms with Crippen LogP contribution in [-0.2, 0) is 37.1 Å². The Morgan fingerprint density at radius 3 is 1.09 bits per heavy atom. The maximum absolute atomic E-state index is 16.0. The fraction of sp³-hybridized carbons (Fsp3) is 0.0732. The van der Waals surface area contributed by atoms with Crippen LogP contribution in [0.1, 0.15) is 55.6 Å². The first-order chi connectivity index (χ1) is 51.2. The quantitative estimate of drug-likeness (QED) is 0.148. The van der Waals surface area contributed by atoms with Gasteiger partial charge in [0.1, 0.15) is 23.3 Å². The van der Waals surface area contributed by atoms with Gasteiger partial charge in [0.05, 0.1) is 124 Å². The van der Waals surface area contributed by atoms with Crippen LogP contribution in [0.2, 0.25) is 0 Å². The smallest absolute Gasteiger partial charge is 0.308 e. The van der Waals surface area contributed by atoms with Gasteiger partial charge in [-0.3, -0.25) is 0 Å². The van der Waals surface area contributed by atoms with Crippen LogP contribution in [0.3, 0.4) is 0 Å². The van der Waals surface area contributed by atoms with Crippen LogP contribution >= 0.6 is 0 Å². The van der Waals surface area contributed by atoms with Crippen molar-refractivity contribution in [3.63, 3.8) is 0 Å². The van der Waals surface area contributed by atoms with Crippen LogP contribution in [0, 0.1) is 45.3 Å². The monoisotopic (exact) mass is 1470 g/mol. The van der Waals surface area contributed by atoms with Crippen molar-refractivity contribution < 1.29 is 79.0 Å². The Labute approximate surface area is 594 Å². The van der Waals surface area contributed by atoms with Gasteiger partial charge >= 0.3 is 37.1 Å². The topological polar surface area (TPSA) is 115 Å². The molecule has 0 bridgehead atoms. The minimum Gasteiger partial charge on any atom is -0.308 e. The van der Waals surface area contributed by atoms with E-state index in [1.165, 1.54) is 88.0 Å². The molecule has 0 saturated heterocycles. The van der Waals surface area contributed by atoms with Crippen LogP contribution in [0.15, 0.2) is 218 Å². The second-order valence-corrected chi connectivity index (χ2v) is 25.4. The van der Waals surface area contributed by atoms with Crippen molar-refractivity contribution in [2.45, 2.75) is 37.1 Å². The molecule has 530 valence electrons. The number of benzene rings is 12. The molecule has 0 radical (unpaired) electrons. The van der Waals surface area contributed by atoms with Gasteiger partial charge in [0.25, 0.3) is 0 Å². The van der Waals surface area contributed by atoms with E-state index in [9.17, 15) is 73.7 Å². The molecular weight excluding hydrogens is 1440 g/mol. The molecule has 0 aliphatic carbocycles. The van der Waals surface area contributed by atoms with Gasteiger partial charge in [-0.2, -0.15) is 100 Å². The van der Waals surface area contributed by atoms with Crippen LogP contribution in [0.25, 0.3) is 143 Å². The minimum absolute atomic E-state index is 0.00468. The third-order valence-corrected chi connectivity index (χ3v) is 19.5. The summed E-state index contributed by atoms with van der Waals surface area (Å²) in [6.07, 6.45) is -30.5. The molecule has 0 spiro atoms. The van der Waals surface area contributed by atoms with Gasteiger partial charge in [0.15, 0.2) is 0 Å². The molecule has 4 aromatic heterocycles. The largest absolute Gasteiger partial charge is 0.416 e. The van der Waals surface area contributed by atoms with E-state index in [0.717, 1.165) is 57.7 Å². The Morgan fingerprint density at radius 1 is 0.241 bits per heavy atom. The maximum Gasteiger partial charge on any atom is 0.416 e. The summed E-state index contributed by atoms with van der Waals surface area (Å²) in [6, 6.07) is 48.4. The van der Waals surface area contributed by atoms with Crippen molar-refractivity contribution in [1.82, 2.24) is 18.3 Å². The molecule has 0 fully saturated rings. The summed E-state index contributed by atoms with van der Waals surface area (Å²) in [5, 5.41) is 44.9. The van der Waals surface area contributed by atoms with E-state index < -0.39 is 121 Å². The lowest BCUT2D eigenvalue weighted by Gasteiger charge is -2.21. The minimum atomic E-state index is -5.38. The Hall–Kier alpha value is -13.5. The van der Waals surface area contributed by atoms with E-state index in [4.69, 9.17) is 0 Å². The lowest BCUT2D eigenvalue weighted by molar-refractivity contribution is -0.138. The lowest BCUT2D eigenvalue weighted by atomic mass is 9.90. The number of alkyl halides is 18. The number of nitrogens with zero attached hydrogens (tertiary/aromatic N) is 8. The molecule has 26 heteroatoms. The molecule has 0 aliphatic rings. The van der Waals surface area contributed by atoms with Crippen molar-refractivity contribution in [3.05, 3.63) is 274 Å². The molecule has 0 atom stereocenters. The van der Waals surface area contributed by atoms with Crippen LogP contribution in [-0.4, -0.2) is 18.3 Å². The van der Waals surface area contributed by atoms with E-state index >= 15 is 26.3 Å². The molecule has 4 heterocycles. The van der Waals surface area contributed by atoms with E-state index in [-0.39, 0.29) is 105 Å². The predicted octanol–water partition coefficient (Wildman–Crippen LogP) is 24.7. The highest BCUT2D eigenvalue weighted by molar-refractivity contribution is 6.18. The first-order valence-electron chi connectivity index (χ1n) is 32.1. The maximum atomic E-state index is 16.0. The summed E-state index contributed by atoms with van der Waals surface area (Å²) in [6.45, 7) is 0. The summed E-state index contributed by atoms with van der Waals surface area (Å²) in [7, 11) is 0.